The summed E-state index contributed by atoms with van der Waals surface area (Å²) in [5.74, 6) is 0.806. The molecule has 0 radical (unpaired) electrons. The second-order valence-electron chi connectivity index (χ2n) is 15.9. The fraction of sp³-hybridized carbons (Fsp3) is 0.0545. The minimum Gasteiger partial charge on any atom is -0.507 e. The summed E-state index contributed by atoms with van der Waals surface area (Å²) in [5.41, 5.74) is 12.5. The van der Waals surface area contributed by atoms with Gasteiger partial charge in [-0.3, -0.25) is 9.55 Å². The number of benzene rings is 8. The smallest absolute Gasteiger partial charge is 0.152 e. The topological polar surface area (TPSA) is 64.1 Å². The molecule has 3 aromatic heterocycles. The summed E-state index contributed by atoms with van der Waals surface area (Å²) in [4.78, 5) is 10.4. The van der Waals surface area contributed by atoms with E-state index in [-0.39, 0.29) is 32.2 Å². The summed E-state index contributed by atoms with van der Waals surface area (Å²) in [6.07, 6.45) is 1.84. The van der Waals surface area contributed by atoms with Crippen molar-refractivity contribution in [2.75, 3.05) is 0 Å². The molecule has 61 heavy (non-hydrogen) atoms. The Balaban J connectivity index is 0.00000445. The molecule has 5 nitrogen and oxygen atoms in total. The number of aromatic nitrogens is 3. The number of phenolic OH excluding ortho intramolecular Hbond substituents is 1. The zero-order valence-electron chi connectivity index (χ0n) is 33.4. The summed E-state index contributed by atoms with van der Waals surface area (Å²) < 4.78 is 8.54. The van der Waals surface area contributed by atoms with E-state index in [1.165, 1.54) is 5.56 Å². The third-order valence-electron chi connectivity index (χ3n) is 11.9. The zero-order valence-corrected chi connectivity index (χ0v) is 35.7. The molecule has 0 spiro atoms. The fourth-order valence-corrected chi connectivity index (χ4v) is 8.68. The minimum absolute atomic E-state index is 0. The maximum Gasteiger partial charge on any atom is 0.152 e. The minimum atomic E-state index is -0.367. The van der Waals surface area contributed by atoms with Gasteiger partial charge in [-0.25, -0.2) is 4.98 Å². The Bertz CT molecular complexity index is 3420. The Kier molecular flexibility index (Phi) is 9.50. The predicted molar refractivity (Wildman–Crippen MR) is 244 cm³/mol. The van der Waals surface area contributed by atoms with Crippen molar-refractivity contribution in [3.8, 4) is 56.3 Å². The maximum atomic E-state index is 11.3. The number of phenols is 1. The predicted octanol–water partition coefficient (Wildman–Crippen LogP) is 14.0. The largest absolute Gasteiger partial charge is 0.507 e. The molecule has 0 atom stereocenters. The molecule has 0 fully saturated rings. The van der Waals surface area contributed by atoms with E-state index < -0.39 is 0 Å². The second kappa shape index (κ2) is 15.2. The van der Waals surface area contributed by atoms with Gasteiger partial charge in [0.05, 0.1) is 28.5 Å². The molecule has 6 heteroatoms. The molecule has 0 aliphatic carbocycles. The van der Waals surface area contributed by atoms with Crippen molar-refractivity contribution in [3.05, 3.63) is 205 Å². The van der Waals surface area contributed by atoms with E-state index in [0.717, 1.165) is 88.5 Å². The van der Waals surface area contributed by atoms with Crippen LogP contribution in [0.3, 0.4) is 0 Å². The monoisotopic (exact) mass is 967 g/mol. The molecule has 8 aromatic carbocycles. The first-order valence-corrected chi connectivity index (χ1v) is 20.2. The standard InChI is InChI=1S/C55H38N3O2.Pt/c1-55(2,40-20-7-4-8-21-40)41-29-38(28-39(30-41)47-33-46-45-31-36-18-9-10-19-37(36)32-51(45)60-52(46)34-56-47)43-24-15-26-49-53(43)57-54(44-23-12-14-27-50(44)59)58(49)48-25-13-11-22-42(48)35-16-5-3-6-17-35;/h3-27,29-34,59H,1-2H3;/q-1;. The number of aromatic hydroxyl groups is 1. The molecular weight excluding hydrogens is 930 g/mol. The van der Waals surface area contributed by atoms with Crippen LogP contribution in [0.2, 0.25) is 0 Å². The van der Waals surface area contributed by atoms with Crippen LogP contribution in [0, 0.1) is 6.07 Å². The van der Waals surface area contributed by atoms with Crippen LogP contribution >= 0.6 is 0 Å². The van der Waals surface area contributed by atoms with Gasteiger partial charge in [0.2, 0.25) is 0 Å². The SMILES string of the molecule is CC(C)(c1ccccc1)c1cc(-c2cc3c(cn2)oc2cc4ccccc4cc23)[c-]c(-c2cccc3c2nc(-c2ccccc2O)n3-c2ccccc2-c2ccccc2)c1.[Pt]. The van der Waals surface area contributed by atoms with Gasteiger partial charge in [-0.2, -0.15) is 0 Å². The van der Waals surface area contributed by atoms with Crippen LogP contribution in [-0.2, 0) is 26.5 Å². The van der Waals surface area contributed by atoms with E-state index in [0.29, 0.717) is 11.4 Å². The third kappa shape index (κ3) is 6.54. The average molecular weight is 968 g/mol. The number of nitrogens with zero attached hydrogens (tertiary/aromatic N) is 3. The van der Waals surface area contributed by atoms with Gasteiger partial charge in [0.15, 0.2) is 5.58 Å². The molecule has 3 heterocycles. The van der Waals surface area contributed by atoms with E-state index in [2.05, 4.69) is 176 Å². The number of hydrogen-bond acceptors (Lipinski definition) is 4. The second-order valence-corrected chi connectivity index (χ2v) is 15.9. The Hall–Kier alpha value is -7.07. The number of para-hydroxylation sites is 3. The first kappa shape index (κ1) is 38.2. The van der Waals surface area contributed by atoms with Crippen molar-refractivity contribution in [2.24, 2.45) is 0 Å². The molecule has 1 N–H and O–H groups in total. The number of rotatable bonds is 7. The quantitative estimate of drug-likeness (QED) is 0.162. The Morgan fingerprint density at radius 3 is 2.00 bits per heavy atom. The van der Waals surface area contributed by atoms with Gasteiger partial charge in [-0.05, 0) is 58.3 Å². The van der Waals surface area contributed by atoms with E-state index >= 15 is 0 Å². The summed E-state index contributed by atoms with van der Waals surface area (Å²) in [6, 6.07) is 66.3. The molecule has 0 saturated heterocycles. The van der Waals surface area contributed by atoms with Crippen molar-refractivity contribution in [1.82, 2.24) is 14.5 Å². The van der Waals surface area contributed by atoms with Crippen molar-refractivity contribution >= 4 is 43.7 Å². The average Bonchev–Trinajstić information content (AvgIpc) is 3.86. The van der Waals surface area contributed by atoms with Gasteiger partial charge in [0.25, 0.3) is 0 Å². The molecule has 11 rings (SSSR count). The molecule has 0 bridgehead atoms. The molecule has 296 valence electrons. The Morgan fingerprint density at radius 2 is 1.21 bits per heavy atom. The summed E-state index contributed by atoms with van der Waals surface area (Å²) in [6.45, 7) is 4.53. The Morgan fingerprint density at radius 1 is 0.574 bits per heavy atom. The Labute approximate surface area is 367 Å². The number of hydrogen-bond donors (Lipinski definition) is 1. The molecule has 0 aliphatic heterocycles. The first-order valence-electron chi connectivity index (χ1n) is 20.2. The number of imidazole rings is 1. The van der Waals surface area contributed by atoms with Crippen LogP contribution in [0.5, 0.6) is 5.75 Å². The van der Waals surface area contributed by atoms with E-state index in [9.17, 15) is 5.11 Å². The fourth-order valence-electron chi connectivity index (χ4n) is 8.68. The van der Waals surface area contributed by atoms with Crippen molar-refractivity contribution < 1.29 is 30.6 Å². The summed E-state index contributed by atoms with van der Waals surface area (Å²) in [7, 11) is 0. The molecule has 0 unspecified atom stereocenters. The first-order chi connectivity index (χ1) is 29.4. The van der Waals surface area contributed by atoms with Gasteiger partial charge < -0.3 is 9.52 Å². The van der Waals surface area contributed by atoms with Crippen molar-refractivity contribution in [2.45, 2.75) is 19.3 Å². The van der Waals surface area contributed by atoms with Crippen LogP contribution in [-0.4, -0.2) is 19.6 Å². The van der Waals surface area contributed by atoms with Crippen LogP contribution in [0.25, 0.3) is 94.3 Å². The molecular formula is C55H38N3O2Pt-. The van der Waals surface area contributed by atoms with Gasteiger partial charge in [-0.15, -0.1) is 29.3 Å². The normalized spacial score (nSPS) is 11.7. The number of fused-ring (bicyclic) bond motifs is 5. The molecule has 11 aromatic rings. The van der Waals surface area contributed by atoms with E-state index in [1.807, 2.05) is 30.5 Å². The summed E-state index contributed by atoms with van der Waals surface area (Å²) in [5, 5.41) is 15.7. The van der Waals surface area contributed by atoms with E-state index in [1.54, 1.807) is 6.07 Å². The summed E-state index contributed by atoms with van der Waals surface area (Å²) >= 11 is 0. The van der Waals surface area contributed by atoms with Crippen molar-refractivity contribution in [3.63, 3.8) is 0 Å². The van der Waals surface area contributed by atoms with Crippen LogP contribution in [0.1, 0.15) is 25.0 Å². The van der Waals surface area contributed by atoms with Crippen LogP contribution in [0.15, 0.2) is 193 Å². The molecule has 0 aliphatic rings. The van der Waals surface area contributed by atoms with Gasteiger partial charge in [0, 0.05) is 48.5 Å². The third-order valence-corrected chi connectivity index (χ3v) is 11.9. The number of pyridine rings is 1. The van der Waals surface area contributed by atoms with Crippen LogP contribution in [0.4, 0.5) is 0 Å². The van der Waals surface area contributed by atoms with Crippen LogP contribution < -0.4 is 0 Å². The number of furan rings is 1. The zero-order chi connectivity index (χ0) is 40.4. The molecule has 0 amide bonds. The van der Waals surface area contributed by atoms with E-state index in [4.69, 9.17) is 14.4 Å². The van der Waals surface area contributed by atoms with Gasteiger partial charge in [-0.1, -0.05) is 158 Å². The van der Waals surface area contributed by atoms with Gasteiger partial charge in [0.1, 0.15) is 17.2 Å². The molecule has 0 saturated carbocycles. The maximum absolute atomic E-state index is 11.3. The van der Waals surface area contributed by atoms with Crippen molar-refractivity contribution in [1.29, 1.82) is 0 Å². The van der Waals surface area contributed by atoms with Gasteiger partial charge >= 0.3 is 0 Å².